The first kappa shape index (κ1) is 23.8. The number of carbonyl (C=O) groups is 2. The lowest BCUT2D eigenvalue weighted by molar-refractivity contribution is -0.137. The molecule has 0 aliphatic carbocycles. The lowest BCUT2D eigenvalue weighted by Gasteiger charge is -2.18. The van der Waals surface area contributed by atoms with Gasteiger partial charge in [0.25, 0.3) is 11.8 Å². The minimum absolute atomic E-state index is 0.0130. The van der Waals surface area contributed by atoms with E-state index in [1.54, 1.807) is 30.3 Å². The number of alkyl halides is 3. The molecule has 0 unspecified atom stereocenters. The van der Waals surface area contributed by atoms with Crippen molar-refractivity contribution in [2.75, 3.05) is 11.9 Å². The van der Waals surface area contributed by atoms with Crippen molar-refractivity contribution in [2.45, 2.75) is 26.1 Å². The average Bonchev–Trinajstić information content (AvgIpc) is 3.00. The van der Waals surface area contributed by atoms with E-state index in [1.165, 1.54) is 28.8 Å². The predicted octanol–water partition coefficient (Wildman–Crippen LogP) is 5.33. The summed E-state index contributed by atoms with van der Waals surface area (Å²) in [5.41, 5.74) is -0.275. The number of halogens is 3. The maximum Gasteiger partial charge on any atom is 0.416 e. The molecule has 2 aromatic carbocycles. The van der Waals surface area contributed by atoms with E-state index in [4.69, 9.17) is 17.0 Å². The minimum Gasteiger partial charge on any atom is -0.483 e. The highest BCUT2D eigenvalue weighted by atomic mass is 32.2. The number of thiocarbonyl (C=S) groups is 1. The number of rotatable bonds is 6. The second-order valence-corrected chi connectivity index (χ2v) is 8.77. The molecule has 0 radical (unpaired) electrons. The van der Waals surface area contributed by atoms with E-state index in [-0.39, 0.29) is 17.6 Å². The molecule has 1 aliphatic heterocycles. The number of anilines is 1. The topological polar surface area (TPSA) is 58.6 Å². The molecule has 1 fully saturated rings. The molecular formula is C22H19F3N2O3S2. The molecule has 10 heteroatoms. The molecule has 1 aliphatic rings. The van der Waals surface area contributed by atoms with E-state index in [2.05, 4.69) is 5.32 Å². The fourth-order valence-electron chi connectivity index (χ4n) is 2.91. The molecule has 3 rings (SSSR count). The SMILES string of the molecule is CC(C)N1C(=O)/C(=C/c2ccccc2OCC(=O)Nc2cccc(C(F)(F)F)c2)SC1=S. The van der Waals surface area contributed by atoms with Gasteiger partial charge in [-0.25, -0.2) is 0 Å². The van der Waals surface area contributed by atoms with Crippen molar-refractivity contribution in [1.82, 2.24) is 4.90 Å². The van der Waals surface area contributed by atoms with Crippen LogP contribution in [0.1, 0.15) is 25.0 Å². The van der Waals surface area contributed by atoms with E-state index < -0.39 is 24.3 Å². The Kier molecular flexibility index (Phi) is 7.25. The highest BCUT2D eigenvalue weighted by molar-refractivity contribution is 8.26. The van der Waals surface area contributed by atoms with Crippen LogP contribution in [0.25, 0.3) is 6.08 Å². The van der Waals surface area contributed by atoms with E-state index in [0.29, 0.717) is 20.5 Å². The Morgan fingerprint density at radius 2 is 1.94 bits per heavy atom. The van der Waals surface area contributed by atoms with Crippen LogP contribution in [0, 0.1) is 0 Å². The normalized spacial score (nSPS) is 15.6. The molecular weight excluding hydrogens is 461 g/mol. The van der Waals surface area contributed by atoms with Crippen LogP contribution in [0.4, 0.5) is 18.9 Å². The summed E-state index contributed by atoms with van der Waals surface area (Å²) in [5.74, 6) is -0.473. The third-order valence-corrected chi connectivity index (χ3v) is 5.71. The van der Waals surface area contributed by atoms with Gasteiger partial charge in [-0.15, -0.1) is 0 Å². The van der Waals surface area contributed by atoms with Crippen molar-refractivity contribution >= 4 is 51.9 Å². The van der Waals surface area contributed by atoms with E-state index >= 15 is 0 Å². The van der Waals surface area contributed by atoms with Crippen molar-refractivity contribution in [3.8, 4) is 5.75 Å². The van der Waals surface area contributed by atoms with Crippen molar-refractivity contribution in [3.05, 3.63) is 64.6 Å². The number of para-hydroxylation sites is 1. The van der Waals surface area contributed by atoms with Gasteiger partial charge in [0, 0.05) is 17.3 Å². The van der Waals surface area contributed by atoms with Crippen LogP contribution in [-0.4, -0.2) is 33.7 Å². The van der Waals surface area contributed by atoms with Gasteiger partial charge in [-0.1, -0.05) is 48.2 Å². The maximum atomic E-state index is 12.8. The number of carbonyl (C=O) groups excluding carboxylic acids is 2. The fraction of sp³-hybridized carbons (Fsp3) is 0.227. The Bertz CT molecular complexity index is 1080. The minimum atomic E-state index is -4.51. The first-order chi connectivity index (χ1) is 15.1. The van der Waals surface area contributed by atoms with Crippen molar-refractivity contribution < 1.29 is 27.5 Å². The Hall–Kier alpha value is -2.85. The number of hydrogen-bond acceptors (Lipinski definition) is 5. The third-order valence-electron chi connectivity index (χ3n) is 4.38. The molecule has 2 aromatic rings. The maximum absolute atomic E-state index is 12.8. The molecule has 0 saturated carbocycles. The molecule has 1 heterocycles. The molecule has 2 amide bonds. The summed E-state index contributed by atoms with van der Waals surface area (Å²) in [7, 11) is 0. The van der Waals surface area contributed by atoms with Gasteiger partial charge in [0.2, 0.25) is 0 Å². The third kappa shape index (κ3) is 5.68. The molecule has 1 saturated heterocycles. The average molecular weight is 481 g/mol. The summed E-state index contributed by atoms with van der Waals surface area (Å²) in [6.45, 7) is 3.32. The zero-order chi connectivity index (χ0) is 23.5. The van der Waals surface area contributed by atoms with Crippen LogP contribution in [0.5, 0.6) is 5.75 Å². The molecule has 0 aromatic heterocycles. The van der Waals surface area contributed by atoms with Gasteiger partial charge in [-0.05, 0) is 44.2 Å². The van der Waals surface area contributed by atoms with Gasteiger partial charge in [0.05, 0.1) is 10.5 Å². The molecule has 1 N–H and O–H groups in total. The smallest absolute Gasteiger partial charge is 0.416 e. The molecule has 5 nitrogen and oxygen atoms in total. The lowest BCUT2D eigenvalue weighted by atomic mass is 10.2. The van der Waals surface area contributed by atoms with Crippen molar-refractivity contribution in [1.29, 1.82) is 0 Å². The Morgan fingerprint density at radius 3 is 2.59 bits per heavy atom. The van der Waals surface area contributed by atoms with Crippen molar-refractivity contribution in [2.24, 2.45) is 0 Å². The van der Waals surface area contributed by atoms with Crippen LogP contribution in [0.15, 0.2) is 53.4 Å². The van der Waals surface area contributed by atoms with E-state index in [0.717, 1.165) is 12.1 Å². The summed E-state index contributed by atoms with van der Waals surface area (Å²) < 4.78 is 44.5. The quantitative estimate of drug-likeness (QED) is 0.447. The van der Waals surface area contributed by atoms with E-state index in [9.17, 15) is 22.8 Å². The molecule has 0 atom stereocenters. The number of benzene rings is 2. The molecule has 0 bridgehead atoms. The highest BCUT2D eigenvalue weighted by Gasteiger charge is 2.34. The predicted molar refractivity (Wildman–Crippen MR) is 122 cm³/mol. The summed E-state index contributed by atoms with van der Waals surface area (Å²) >= 11 is 6.46. The molecule has 0 spiro atoms. The summed E-state index contributed by atoms with van der Waals surface area (Å²) in [6.07, 6.45) is -2.87. The van der Waals surface area contributed by atoms with Gasteiger partial charge in [0.15, 0.2) is 6.61 Å². The summed E-state index contributed by atoms with van der Waals surface area (Å²) in [4.78, 5) is 26.8. The van der Waals surface area contributed by atoms with Gasteiger partial charge in [-0.2, -0.15) is 13.2 Å². The highest BCUT2D eigenvalue weighted by Crippen LogP contribution is 2.35. The summed E-state index contributed by atoms with van der Waals surface area (Å²) in [6, 6.07) is 11.1. The monoisotopic (exact) mass is 480 g/mol. The van der Waals surface area contributed by atoms with Gasteiger partial charge < -0.3 is 10.1 Å². The molecule has 168 valence electrons. The standard InChI is InChI=1S/C22H19F3N2O3S2/c1-13(2)27-20(29)18(32-21(27)31)10-14-6-3-4-9-17(14)30-12-19(28)26-16-8-5-7-15(11-16)22(23,24)25/h3-11,13H,12H2,1-2H3,(H,26,28)/b18-10-. The Balaban J connectivity index is 1.69. The summed E-state index contributed by atoms with van der Waals surface area (Å²) in [5, 5.41) is 2.39. The van der Waals surface area contributed by atoms with Crippen LogP contribution in [-0.2, 0) is 15.8 Å². The number of amides is 2. The van der Waals surface area contributed by atoms with Crippen molar-refractivity contribution in [3.63, 3.8) is 0 Å². The van der Waals surface area contributed by atoms with Crippen LogP contribution >= 0.6 is 24.0 Å². The van der Waals surface area contributed by atoms with Crippen LogP contribution in [0.3, 0.4) is 0 Å². The number of nitrogens with one attached hydrogen (secondary N) is 1. The lowest BCUT2D eigenvalue weighted by Crippen LogP contribution is -2.34. The van der Waals surface area contributed by atoms with Crippen LogP contribution in [0.2, 0.25) is 0 Å². The van der Waals surface area contributed by atoms with Gasteiger partial charge in [-0.3, -0.25) is 14.5 Å². The van der Waals surface area contributed by atoms with Gasteiger partial charge in [0.1, 0.15) is 10.1 Å². The number of hydrogen-bond donors (Lipinski definition) is 1. The second kappa shape index (κ2) is 9.74. The largest absolute Gasteiger partial charge is 0.483 e. The zero-order valence-electron chi connectivity index (χ0n) is 17.1. The number of nitrogens with zero attached hydrogens (tertiary/aromatic N) is 1. The fourth-order valence-corrected chi connectivity index (χ4v) is 4.43. The van der Waals surface area contributed by atoms with Crippen LogP contribution < -0.4 is 10.1 Å². The number of ether oxygens (including phenoxy) is 1. The molecule has 32 heavy (non-hydrogen) atoms. The zero-order valence-corrected chi connectivity index (χ0v) is 18.7. The first-order valence-corrected chi connectivity index (χ1v) is 10.7. The Labute approximate surface area is 192 Å². The number of thioether (sulfide) groups is 1. The Morgan fingerprint density at radius 1 is 1.22 bits per heavy atom. The van der Waals surface area contributed by atoms with E-state index in [1.807, 2.05) is 13.8 Å². The van der Waals surface area contributed by atoms with Gasteiger partial charge >= 0.3 is 6.18 Å². The first-order valence-electron chi connectivity index (χ1n) is 9.52. The second-order valence-electron chi connectivity index (χ2n) is 7.10.